The molecular formula is C16H15BrNO3+. The molecule has 5 heteroatoms. The van der Waals surface area contributed by atoms with Gasteiger partial charge in [-0.1, -0.05) is 15.9 Å². The van der Waals surface area contributed by atoms with Gasteiger partial charge in [-0.2, -0.15) is 0 Å². The minimum Gasteiger partial charge on any atom is -0.454 e. The fourth-order valence-electron chi connectivity index (χ4n) is 2.78. The van der Waals surface area contributed by atoms with Gasteiger partial charge in [-0.05, 0) is 36.4 Å². The molecule has 0 fully saturated rings. The molecule has 2 aliphatic heterocycles. The average molecular weight is 349 g/mol. The Morgan fingerprint density at radius 2 is 1.81 bits per heavy atom. The smallest absolute Gasteiger partial charge is 0.231 e. The van der Waals surface area contributed by atoms with Gasteiger partial charge in [-0.3, -0.25) is 4.90 Å². The lowest BCUT2D eigenvalue weighted by Crippen LogP contribution is -3.10. The van der Waals surface area contributed by atoms with Crippen LogP contribution in [-0.2, 0) is 13.1 Å². The van der Waals surface area contributed by atoms with Crippen LogP contribution in [0.5, 0.6) is 17.2 Å². The van der Waals surface area contributed by atoms with Crippen molar-refractivity contribution in [2.45, 2.75) is 13.1 Å². The number of ether oxygens (including phenoxy) is 3. The number of nitrogens with one attached hydrogen (secondary N) is 1. The summed E-state index contributed by atoms with van der Waals surface area (Å²) < 4.78 is 17.7. The molecule has 2 aromatic carbocycles. The largest absolute Gasteiger partial charge is 0.454 e. The Balaban J connectivity index is 1.51. The van der Waals surface area contributed by atoms with Crippen molar-refractivity contribution in [3.8, 4) is 17.2 Å². The fraction of sp³-hybridized carbons (Fsp3) is 0.250. The van der Waals surface area contributed by atoms with Gasteiger partial charge >= 0.3 is 0 Å². The molecule has 0 saturated carbocycles. The Hall–Kier alpha value is -1.72. The highest BCUT2D eigenvalue weighted by molar-refractivity contribution is 9.10. The maximum Gasteiger partial charge on any atom is 0.231 e. The van der Waals surface area contributed by atoms with Gasteiger partial charge in [0.15, 0.2) is 11.5 Å². The van der Waals surface area contributed by atoms with Gasteiger partial charge < -0.3 is 14.2 Å². The number of hydrogen-bond donors (Lipinski definition) is 1. The van der Waals surface area contributed by atoms with E-state index in [4.69, 9.17) is 14.2 Å². The topological polar surface area (TPSA) is 32.1 Å². The van der Waals surface area contributed by atoms with Crippen molar-refractivity contribution in [2.75, 3.05) is 13.5 Å². The van der Waals surface area contributed by atoms with Crippen LogP contribution in [0.15, 0.2) is 40.9 Å². The Kier molecular flexibility index (Phi) is 3.24. The third-order valence-corrected chi connectivity index (χ3v) is 4.28. The molecular weight excluding hydrogens is 334 g/mol. The van der Waals surface area contributed by atoms with Crippen molar-refractivity contribution < 1.29 is 19.1 Å². The van der Waals surface area contributed by atoms with E-state index >= 15 is 0 Å². The van der Waals surface area contributed by atoms with Crippen LogP contribution in [-0.4, -0.2) is 13.5 Å². The van der Waals surface area contributed by atoms with Crippen LogP contribution in [0.2, 0.25) is 0 Å². The van der Waals surface area contributed by atoms with E-state index in [-0.39, 0.29) is 0 Å². The number of fused-ring (bicyclic) bond motifs is 2. The molecule has 108 valence electrons. The fourth-order valence-corrected chi connectivity index (χ4v) is 3.19. The summed E-state index contributed by atoms with van der Waals surface area (Å²) in [6.07, 6.45) is 0. The van der Waals surface area contributed by atoms with Gasteiger partial charge in [-0.25, -0.2) is 0 Å². The first kappa shape index (κ1) is 13.0. The van der Waals surface area contributed by atoms with Gasteiger partial charge in [0, 0.05) is 15.6 Å². The van der Waals surface area contributed by atoms with E-state index in [1.165, 1.54) is 16.0 Å². The summed E-state index contributed by atoms with van der Waals surface area (Å²) in [6, 6.07) is 12.3. The summed E-state index contributed by atoms with van der Waals surface area (Å²) in [4.78, 5) is 1.37. The van der Waals surface area contributed by atoms with Gasteiger partial charge in [0.25, 0.3) is 0 Å². The highest BCUT2D eigenvalue weighted by Crippen LogP contribution is 2.32. The highest BCUT2D eigenvalue weighted by atomic mass is 79.9. The van der Waals surface area contributed by atoms with Crippen LogP contribution < -0.4 is 19.1 Å². The lowest BCUT2D eigenvalue weighted by Gasteiger charge is -2.26. The normalized spacial score (nSPS) is 19.0. The molecule has 1 atom stereocenters. The lowest BCUT2D eigenvalue weighted by molar-refractivity contribution is -0.945. The van der Waals surface area contributed by atoms with Crippen molar-refractivity contribution >= 4 is 15.9 Å². The Morgan fingerprint density at radius 1 is 0.952 bits per heavy atom. The van der Waals surface area contributed by atoms with E-state index in [0.29, 0.717) is 13.5 Å². The summed E-state index contributed by atoms with van der Waals surface area (Å²) in [5.41, 5.74) is 2.47. The summed E-state index contributed by atoms with van der Waals surface area (Å²) in [6.45, 7) is 2.87. The molecule has 0 amide bonds. The molecule has 2 heterocycles. The van der Waals surface area contributed by atoms with Crippen LogP contribution in [0.1, 0.15) is 11.1 Å². The molecule has 4 nitrogen and oxygen atoms in total. The van der Waals surface area contributed by atoms with Crippen LogP contribution in [0, 0.1) is 0 Å². The number of quaternary nitrogens is 1. The summed E-state index contributed by atoms with van der Waals surface area (Å²) >= 11 is 3.52. The van der Waals surface area contributed by atoms with E-state index in [2.05, 4.69) is 34.1 Å². The van der Waals surface area contributed by atoms with Crippen molar-refractivity contribution in [2.24, 2.45) is 0 Å². The molecule has 2 aliphatic rings. The lowest BCUT2D eigenvalue weighted by atomic mass is 10.1. The Morgan fingerprint density at radius 3 is 2.76 bits per heavy atom. The van der Waals surface area contributed by atoms with E-state index in [9.17, 15) is 0 Å². The molecule has 4 rings (SSSR count). The summed E-state index contributed by atoms with van der Waals surface area (Å²) in [7, 11) is 0. The van der Waals surface area contributed by atoms with Crippen LogP contribution in [0.25, 0.3) is 0 Å². The maximum atomic E-state index is 5.84. The maximum absolute atomic E-state index is 5.84. The molecule has 1 N–H and O–H groups in total. The quantitative estimate of drug-likeness (QED) is 0.902. The third kappa shape index (κ3) is 2.59. The monoisotopic (exact) mass is 348 g/mol. The average Bonchev–Trinajstić information content (AvgIpc) is 2.94. The van der Waals surface area contributed by atoms with E-state index in [1.807, 2.05) is 18.2 Å². The zero-order valence-corrected chi connectivity index (χ0v) is 13.0. The summed E-state index contributed by atoms with van der Waals surface area (Å²) in [5.74, 6) is 2.67. The third-order valence-electron chi connectivity index (χ3n) is 3.79. The van der Waals surface area contributed by atoms with E-state index in [1.54, 1.807) is 0 Å². The van der Waals surface area contributed by atoms with Gasteiger partial charge in [0.05, 0.1) is 0 Å². The summed E-state index contributed by atoms with van der Waals surface area (Å²) in [5, 5.41) is 0. The number of halogens is 1. The second kappa shape index (κ2) is 5.24. The number of rotatable bonds is 2. The minimum atomic E-state index is 0.319. The van der Waals surface area contributed by atoms with Crippen LogP contribution >= 0.6 is 15.9 Å². The Labute approximate surface area is 131 Å². The Bertz CT molecular complexity index is 689. The molecule has 1 unspecified atom stereocenters. The molecule has 0 saturated heterocycles. The van der Waals surface area contributed by atoms with Crippen molar-refractivity contribution in [3.63, 3.8) is 0 Å². The zero-order chi connectivity index (χ0) is 14.2. The highest BCUT2D eigenvalue weighted by Gasteiger charge is 2.22. The number of benzene rings is 2. The van der Waals surface area contributed by atoms with Gasteiger partial charge in [0.1, 0.15) is 18.8 Å². The van der Waals surface area contributed by atoms with Gasteiger partial charge in [-0.15, -0.1) is 0 Å². The molecule has 0 spiro atoms. The first-order valence-electron chi connectivity index (χ1n) is 6.91. The van der Waals surface area contributed by atoms with Crippen LogP contribution in [0.4, 0.5) is 0 Å². The molecule has 0 aromatic heterocycles. The van der Waals surface area contributed by atoms with Crippen molar-refractivity contribution in [3.05, 3.63) is 52.0 Å². The predicted molar refractivity (Wildman–Crippen MR) is 80.6 cm³/mol. The van der Waals surface area contributed by atoms with Crippen molar-refractivity contribution in [1.82, 2.24) is 0 Å². The molecule has 21 heavy (non-hydrogen) atoms. The first-order valence-corrected chi connectivity index (χ1v) is 7.70. The molecule has 0 aliphatic carbocycles. The van der Waals surface area contributed by atoms with Crippen molar-refractivity contribution in [1.29, 1.82) is 0 Å². The number of hydrogen-bond acceptors (Lipinski definition) is 3. The SMILES string of the molecule is Brc1ccc2c(c1)C[NH+](Cc1ccc3c(c1)OCO3)CO2. The van der Waals surface area contributed by atoms with Crippen LogP contribution in [0.3, 0.4) is 0 Å². The second-order valence-electron chi connectivity index (χ2n) is 5.33. The molecule has 0 radical (unpaired) electrons. The first-order chi connectivity index (χ1) is 10.3. The molecule has 0 bridgehead atoms. The minimum absolute atomic E-state index is 0.319. The molecule has 2 aromatic rings. The standard InChI is InChI=1S/C16H14BrNO3/c17-13-2-4-14-12(6-13)8-18(9-19-14)7-11-1-3-15-16(5-11)21-10-20-15/h1-6H,7-10H2/p+1. The van der Waals surface area contributed by atoms with E-state index in [0.717, 1.165) is 34.8 Å². The van der Waals surface area contributed by atoms with E-state index < -0.39 is 0 Å². The zero-order valence-electron chi connectivity index (χ0n) is 11.4. The predicted octanol–water partition coefficient (Wildman–Crippen LogP) is 2.11. The van der Waals surface area contributed by atoms with Gasteiger partial charge in [0.2, 0.25) is 13.5 Å². The second-order valence-corrected chi connectivity index (χ2v) is 6.25.